The fourth-order valence-electron chi connectivity index (χ4n) is 2.19. The molecule has 1 aromatic carbocycles. The maximum atomic E-state index is 12.0. The van der Waals surface area contributed by atoms with Gasteiger partial charge in [-0.15, -0.1) is 10.2 Å². The standard InChI is InChI=1S/C16H16ClN5O2/c1-22-10-19-21-14(22)6-7-18-15(23)8-13-9-24-16(20-13)11-2-4-12(17)5-3-11/h2-5,9-10H,6-8H2,1H3,(H,18,23). The number of hydrogen-bond donors (Lipinski definition) is 1. The lowest BCUT2D eigenvalue weighted by Crippen LogP contribution is -2.27. The normalized spacial score (nSPS) is 10.8. The molecule has 0 radical (unpaired) electrons. The third-order valence-electron chi connectivity index (χ3n) is 3.46. The smallest absolute Gasteiger partial charge is 0.226 e. The van der Waals surface area contributed by atoms with Crippen molar-refractivity contribution >= 4 is 17.5 Å². The van der Waals surface area contributed by atoms with Gasteiger partial charge in [-0.2, -0.15) is 0 Å². The molecule has 0 bridgehead atoms. The number of aromatic nitrogens is 4. The van der Waals surface area contributed by atoms with E-state index in [1.54, 1.807) is 18.5 Å². The van der Waals surface area contributed by atoms with E-state index in [0.717, 1.165) is 11.4 Å². The van der Waals surface area contributed by atoms with Crippen LogP contribution >= 0.6 is 11.6 Å². The molecule has 0 aliphatic carbocycles. The van der Waals surface area contributed by atoms with Gasteiger partial charge in [0.25, 0.3) is 0 Å². The second kappa shape index (κ2) is 7.27. The van der Waals surface area contributed by atoms with Crippen molar-refractivity contribution in [2.24, 2.45) is 7.05 Å². The highest BCUT2D eigenvalue weighted by Gasteiger charge is 2.11. The van der Waals surface area contributed by atoms with Gasteiger partial charge in [0.2, 0.25) is 11.8 Å². The van der Waals surface area contributed by atoms with E-state index in [1.807, 2.05) is 23.7 Å². The molecule has 7 nitrogen and oxygen atoms in total. The van der Waals surface area contributed by atoms with Crippen molar-refractivity contribution < 1.29 is 9.21 Å². The molecule has 0 aliphatic rings. The molecule has 0 aliphatic heterocycles. The quantitative estimate of drug-likeness (QED) is 0.738. The number of rotatable bonds is 6. The fourth-order valence-corrected chi connectivity index (χ4v) is 2.31. The number of benzene rings is 1. The van der Waals surface area contributed by atoms with Crippen LogP contribution in [0.2, 0.25) is 5.02 Å². The Hall–Kier alpha value is -2.67. The summed E-state index contributed by atoms with van der Waals surface area (Å²) in [6.07, 6.45) is 3.91. The Bertz CT molecular complexity index is 825. The zero-order valence-electron chi connectivity index (χ0n) is 13.1. The molecule has 0 saturated heterocycles. The summed E-state index contributed by atoms with van der Waals surface area (Å²) >= 11 is 5.85. The van der Waals surface area contributed by atoms with Crippen LogP contribution in [0.5, 0.6) is 0 Å². The number of aryl methyl sites for hydroxylation is 1. The first kappa shape index (κ1) is 16.2. The molecule has 8 heteroatoms. The average Bonchev–Trinajstić information content (AvgIpc) is 3.18. The van der Waals surface area contributed by atoms with Crippen LogP contribution in [0.25, 0.3) is 11.5 Å². The highest BCUT2D eigenvalue weighted by molar-refractivity contribution is 6.30. The van der Waals surface area contributed by atoms with Gasteiger partial charge in [0.1, 0.15) is 18.4 Å². The Kier molecular flexibility index (Phi) is 4.90. The molecule has 0 spiro atoms. The Balaban J connectivity index is 1.51. The van der Waals surface area contributed by atoms with Crippen molar-refractivity contribution in [1.29, 1.82) is 0 Å². The molecule has 3 aromatic rings. The summed E-state index contributed by atoms with van der Waals surface area (Å²) in [5.74, 6) is 1.17. The van der Waals surface area contributed by atoms with E-state index in [1.165, 1.54) is 6.26 Å². The number of carbonyl (C=O) groups is 1. The number of halogens is 1. The molecule has 0 fully saturated rings. The number of carbonyl (C=O) groups excluding carboxylic acids is 1. The Morgan fingerprint density at radius 1 is 1.33 bits per heavy atom. The second-order valence-corrected chi connectivity index (χ2v) is 5.72. The minimum Gasteiger partial charge on any atom is -0.444 e. The molecule has 0 atom stereocenters. The summed E-state index contributed by atoms with van der Waals surface area (Å²) in [6, 6.07) is 7.16. The van der Waals surface area contributed by atoms with E-state index in [9.17, 15) is 4.79 Å². The number of nitrogens with one attached hydrogen (secondary N) is 1. The fraction of sp³-hybridized carbons (Fsp3) is 0.250. The van der Waals surface area contributed by atoms with E-state index < -0.39 is 0 Å². The maximum absolute atomic E-state index is 12.0. The molecule has 24 heavy (non-hydrogen) atoms. The monoisotopic (exact) mass is 345 g/mol. The van der Waals surface area contributed by atoms with Gasteiger partial charge in [-0.25, -0.2) is 4.98 Å². The van der Waals surface area contributed by atoms with E-state index in [2.05, 4.69) is 20.5 Å². The molecule has 3 rings (SSSR count). The number of hydrogen-bond acceptors (Lipinski definition) is 5. The summed E-state index contributed by atoms with van der Waals surface area (Å²) in [5, 5.41) is 11.2. The van der Waals surface area contributed by atoms with Crippen LogP contribution < -0.4 is 5.32 Å². The first-order chi connectivity index (χ1) is 11.6. The number of amides is 1. The first-order valence-electron chi connectivity index (χ1n) is 7.42. The maximum Gasteiger partial charge on any atom is 0.226 e. The van der Waals surface area contributed by atoms with Gasteiger partial charge < -0.3 is 14.3 Å². The van der Waals surface area contributed by atoms with Crippen LogP contribution in [0.4, 0.5) is 0 Å². The molecule has 1 N–H and O–H groups in total. The SMILES string of the molecule is Cn1cnnc1CCNC(=O)Cc1coc(-c2ccc(Cl)cc2)n1. The van der Waals surface area contributed by atoms with Gasteiger partial charge in [0, 0.05) is 30.6 Å². The predicted molar refractivity (Wildman–Crippen MR) is 88.4 cm³/mol. The van der Waals surface area contributed by atoms with Crippen molar-refractivity contribution in [3.05, 3.63) is 53.4 Å². The zero-order valence-corrected chi connectivity index (χ0v) is 13.8. The van der Waals surface area contributed by atoms with E-state index in [4.69, 9.17) is 16.0 Å². The highest BCUT2D eigenvalue weighted by atomic mass is 35.5. The van der Waals surface area contributed by atoms with Gasteiger partial charge in [-0.05, 0) is 24.3 Å². The minimum absolute atomic E-state index is 0.117. The van der Waals surface area contributed by atoms with Crippen molar-refractivity contribution in [2.45, 2.75) is 12.8 Å². The summed E-state index contributed by atoms with van der Waals surface area (Å²) < 4.78 is 7.24. The third-order valence-corrected chi connectivity index (χ3v) is 3.71. The lowest BCUT2D eigenvalue weighted by atomic mass is 10.2. The minimum atomic E-state index is -0.117. The summed E-state index contributed by atoms with van der Waals surface area (Å²) in [7, 11) is 1.87. The topological polar surface area (TPSA) is 85.8 Å². The van der Waals surface area contributed by atoms with Crippen LogP contribution in [0.3, 0.4) is 0 Å². The van der Waals surface area contributed by atoms with Gasteiger partial charge in [0.15, 0.2) is 0 Å². The van der Waals surface area contributed by atoms with E-state index in [-0.39, 0.29) is 12.3 Å². The molecule has 1 amide bonds. The first-order valence-corrected chi connectivity index (χ1v) is 7.79. The summed E-state index contributed by atoms with van der Waals surface area (Å²) in [4.78, 5) is 16.3. The van der Waals surface area contributed by atoms with Crippen LogP contribution in [0, 0.1) is 0 Å². The molecule has 0 saturated carbocycles. The lowest BCUT2D eigenvalue weighted by Gasteiger charge is -2.03. The molecule has 124 valence electrons. The van der Waals surface area contributed by atoms with Crippen molar-refractivity contribution in [2.75, 3.05) is 6.54 Å². The molecule has 2 heterocycles. The predicted octanol–water partition coefficient (Wildman–Crippen LogP) is 2.02. The molecular formula is C16H16ClN5O2. The Labute approximate surface area is 143 Å². The zero-order chi connectivity index (χ0) is 16.9. The van der Waals surface area contributed by atoms with Crippen LogP contribution in [0.1, 0.15) is 11.5 Å². The Morgan fingerprint density at radius 3 is 2.83 bits per heavy atom. The number of nitrogens with zero attached hydrogens (tertiary/aromatic N) is 4. The summed E-state index contributed by atoms with van der Waals surface area (Å²) in [6.45, 7) is 0.493. The van der Waals surface area contributed by atoms with E-state index in [0.29, 0.717) is 29.6 Å². The van der Waals surface area contributed by atoms with E-state index >= 15 is 0 Å². The Morgan fingerprint density at radius 2 is 2.12 bits per heavy atom. The van der Waals surface area contributed by atoms with Crippen molar-refractivity contribution in [3.63, 3.8) is 0 Å². The molecule has 0 unspecified atom stereocenters. The molecule has 2 aromatic heterocycles. The number of oxazole rings is 1. The van der Waals surface area contributed by atoms with Gasteiger partial charge in [0.05, 0.1) is 12.1 Å². The summed E-state index contributed by atoms with van der Waals surface area (Å²) in [5.41, 5.74) is 1.39. The van der Waals surface area contributed by atoms with Crippen LogP contribution in [-0.2, 0) is 24.7 Å². The van der Waals surface area contributed by atoms with Crippen molar-refractivity contribution in [1.82, 2.24) is 25.1 Å². The van der Waals surface area contributed by atoms with Gasteiger partial charge in [-0.1, -0.05) is 11.6 Å². The lowest BCUT2D eigenvalue weighted by molar-refractivity contribution is -0.120. The van der Waals surface area contributed by atoms with Gasteiger partial charge in [-0.3, -0.25) is 4.79 Å². The van der Waals surface area contributed by atoms with Crippen molar-refractivity contribution in [3.8, 4) is 11.5 Å². The van der Waals surface area contributed by atoms with Crippen LogP contribution in [0.15, 0.2) is 41.3 Å². The largest absolute Gasteiger partial charge is 0.444 e. The third kappa shape index (κ3) is 3.99. The molecular weight excluding hydrogens is 330 g/mol. The van der Waals surface area contributed by atoms with Gasteiger partial charge >= 0.3 is 0 Å². The second-order valence-electron chi connectivity index (χ2n) is 5.29. The average molecular weight is 346 g/mol. The van der Waals surface area contributed by atoms with Crippen LogP contribution in [-0.4, -0.2) is 32.2 Å². The highest BCUT2D eigenvalue weighted by Crippen LogP contribution is 2.20.